The van der Waals surface area contributed by atoms with Crippen LogP contribution < -0.4 is 0 Å². The highest BCUT2D eigenvalue weighted by molar-refractivity contribution is 7.86. The predicted molar refractivity (Wildman–Crippen MR) is 121 cm³/mol. The van der Waals surface area contributed by atoms with Gasteiger partial charge in [-0.1, -0.05) is 18.2 Å². The van der Waals surface area contributed by atoms with Crippen molar-refractivity contribution in [2.24, 2.45) is 0 Å². The third-order valence-corrected chi connectivity index (χ3v) is 5.26. The van der Waals surface area contributed by atoms with Gasteiger partial charge in [0.25, 0.3) is 10.1 Å². The Bertz CT molecular complexity index is 642. The third kappa shape index (κ3) is 17.9. The Hall–Kier alpha value is -1.15. The van der Waals surface area contributed by atoms with Crippen LogP contribution in [0.4, 0.5) is 0 Å². The van der Waals surface area contributed by atoms with Crippen LogP contribution in [-0.2, 0) is 47.5 Å². The molecule has 10 nitrogen and oxygen atoms in total. The lowest BCUT2D eigenvalue weighted by atomic mass is 10.4. The molecule has 192 valence electrons. The Morgan fingerprint density at radius 3 is 1.21 bits per heavy atom. The van der Waals surface area contributed by atoms with Gasteiger partial charge in [0.1, 0.15) is 0 Å². The highest BCUT2D eigenvalue weighted by Crippen LogP contribution is 2.10. The molecule has 0 saturated heterocycles. The molecule has 1 aromatic carbocycles. The summed E-state index contributed by atoms with van der Waals surface area (Å²) in [6.45, 7) is 8.65. The standard InChI is InChI=1S/C22H38O10S/c1-2-25-8-9-26-10-11-27-12-13-28-14-15-29-16-17-30-18-19-31-20-21-32-33(23,24)22-6-4-3-5-7-22/h3-7H,2,8-21H2,1H3. The van der Waals surface area contributed by atoms with Crippen molar-refractivity contribution in [1.82, 2.24) is 0 Å². The van der Waals surface area contributed by atoms with Gasteiger partial charge in [-0.15, -0.1) is 0 Å². The van der Waals surface area contributed by atoms with Gasteiger partial charge < -0.3 is 33.2 Å². The lowest BCUT2D eigenvalue weighted by Gasteiger charge is -2.08. The fourth-order valence-corrected chi connectivity index (χ4v) is 3.24. The summed E-state index contributed by atoms with van der Waals surface area (Å²) in [4.78, 5) is 0.127. The molecule has 11 heteroatoms. The van der Waals surface area contributed by atoms with E-state index < -0.39 is 10.1 Å². The van der Waals surface area contributed by atoms with Crippen LogP contribution in [0.15, 0.2) is 35.2 Å². The smallest absolute Gasteiger partial charge is 0.297 e. The Balaban J connectivity index is 1.75. The maximum absolute atomic E-state index is 11.9. The fraction of sp³-hybridized carbons (Fsp3) is 0.727. The Morgan fingerprint density at radius 2 is 0.848 bits per heavy atom. The van der Waals surface area contributed by atoms with E-state index in [9.17, 15) is 8.42 Å². The molecule has 0 fully saturated rings. The molecule has 0 spiro atoms. The molecule has 0 amide bonds. The zero-order chi connectivity index (χ0) is 23.9. The van der Waals surface area contributed by atoms with Crippen LogP contribution in [0.25, 0.3) is 0 Å². The van der Waals surface area contributed by atoms with Crippen molar-refractivity contribution in [2.75, 3.05) is 99.1 Å². The van der Waals surface area contributed by atoms with Crippen LogP contribution in [0, 0.1) is 0 Å². The largest absolute Gasteiger partial charge is 0.379 e. The summed E-state index contributed by atoms with van der Waals surface area (Å²) < 4.78 is 66.1. The maximum Gasteiger partial charge on any atom is 0.297 e. The van der Waals surface area contributed by atoms with E-state index in [4.69, 9.17) is 37.3 Å². The van der Waals surface area contributed by atoms with Crippen LogP contribution in [0.2, 0.25) is 0 Å². The molecule has 0 aromatic heterocycles. The van der Waals surface area contributed by atoms with Crippen LogP contribution in [0.1, 0.15) is 6.92 Å². The molecule has 1 rings (SSSR count). The monoisotopic (exact) mass is 494 g/mol. The number of rotatable bonds is 24. The summed E-state index contributed by atoms with van der Waals surface area (Å²) in [6, 6.07) is 7.99. The summed E-state index contributed by atoms with van der Waals surface area (Å²) in [5.41, 5.74) is 0. The van der Waals surface area contributed by atoms with Crippen molar-refractivity contribution in [2.45, 2.75) is 11.8 Å². The molecular weight excluding hydrogens is 456 g/mol. The zero-order valence-electron chi connectivity index (χ0n) is 19.5. The highest BCUT2D eigenvalue weighted by Gasteiger charge is 2.13. The second-order valence-corrected chi connectivity index (χ2v) is 8.08. The normalized spacial score (nSPS) is 11.8. The van der Waals surface area contributed by atoms with Gasteiger partial charge in [-0.05, 0) is 19.1 Å². The average molecular weight is 495 g/mol. The quantitative estimate of drug-likeness (QED) is 0.155. The first kappa shape index (κ1) is 29.9. The summed E-state index contributed by atoms with van der Waals surface area (Å²) in [5.74, 6) is 0. The molecule has 0 saturated carbocycles. The van der Waals surface area contributed by atoms with Crippen molar-refractivity contribution >= 4 is 10.1 Å². The molecule has 1 aromatic rings. The van der Waals surface area contributed by atoms with E-state index in [1.165, 1.54) is 12.1 Å². The Labute approximate surface area is 197 Å². The van der Waals surface area contributed by atoms with Crippen molar-refractivity contribution in [3.05, 3.63) is 30.3 Å². The van der Waals surface area contributed by atoms with E-state index in [1.807, 2.05) is 6.92 Å². The molecule has 0 aliphatic carbocycles. The van der Waals surface area contributed by atoms with Gasteiger partial charge in [0.2, 0.25) is 0 Å². The van der Waals surface area contributed by atoms with Crippen LogP contribution in [0.5, 0.6) is 0 Å². The minimum Gasteiger partial charge on any atom is -0.379 e. The number of hydrogen-bond acceptors (Lipinski definition) is 10. The number of hydrogen-bond donors (Lipinski definition) is 0. The van der Waals surface area contributed by atoms with Gasteiger partial charge >= 0.3 is 0 Å². The average Bonchev–Trinajstić information content (AvgIpc) is 2.83. The topological polar surface area (TPSA) is 108 Å². The third-order valence-electron chi connectivity index (χ3n) is 3.93. The number of ether oxygens (including phenoxy) is 7. The molecule has 0 N–H and O–H groups in total. The molecule has 0 heterocycles. The van der Waals surface area contributed by atoms with E-state index >= 15 is 0 Å². The number of benzene rings is 1. The van der Waals surface area contributed by atoms with Crippen molar-refractivity contribution < 1.29 is 45.8 Å². The Morgan fingerprint density at radius 1 is 0.515 bits per heavy atom. The van der Waals surface area contributed by atoms with Gasteiger partial charge in [-0.25, -0.2) is 0 Å². The lowest BCUT2D eigenvalue weighted by Crippen LogP contribution is -2.15. The van der Waals surface area contributed by atoms with Crippen molar-refractivity contribution in [3.8, 4) is 0 Å². The lowest BCUT2D eigenvalue weighted by molar-refractivity contribution is -0.0208. The van der Waals surface area contributed by atoms with E-state index in [2.05, 4.69) is 0 Å². The van der Waals surface area contributed by atoms with Gasteiger partial charge in [0, 0.05) is 6.61 Å². The van der Waals surface area contributed by atoms with Gasteiger partial charge in [-0.3, -0.25) is 4.18 Å². The van der Waals surface area contributed by atoms with Crippen LogP contribution >= 0.6 is 0 Å². The Kier molecular flexibility index (Phi) is 19.4. The second-order valence-electron chi connectivity index (χ2n) is 6.46. The minimum absolute atomic E-state index is 0.0480. The minimum atomic E-state index is -3.74. The van der Waals surface area contributed by atoms with E-state index in [0.29, 0.717) is 85.9 Å². The highest BCUT2D eigenvalue weighted by atomic mass is 32.2. The SMILES string of the molecule is CCOCCOCCOCCOCCOCCOCCOCCOS(=O)(=O)c1ccccc1. The molecule has 0 aliphatic rings. The van der Waals surface area contributed by atoms with Gasteiger partial charge in [0.05, 0.1) is 97.4 Å². The molecule has 0 bridgehead atoms. The van der Waals surface area contributed by atoms with Gasteiger partial charge in [-0.2, -0.15) is 8.42 Å². The van der Waals surface area contributed by atoms with E-state index in [1.54, 1.807) is 18.2 Å². The van der Waals surface area contributed by atoms with Crippen LogP contribution in [0.3, 0.4) is 0 Å². The first-order valence-electron chi connectivity index (χ1n) is 11.2. The first-order valence-corrected chi connectivity index (χ1v) is 12.6. The molecular formula is C22H38O10S. The van der Waals surface area contributed by atoms with Crippen molar-refractivity contribution in [1.29, 1.82) is 0 Å². The predicted octanol–water partition coefficient (Wildman–Crippen LogP) is 1.53. The zero-order valence-corrected chi connectivity index (χ0v) is 20.3. The second kappa shape index (κ2) is 21.4. The van der Waals surface area contributed by atoms with E-state index in [0.717, 1.165) is 0 Å². The summed E-state index contributed by atoms with van der Waals surface area (Å²) in [7, 11) is -3.74. The molecule has 0 atom stereocenters. The van der Waals surface area contributed by atoms with Gasteiger partial charge in [0.15, 0.2) is 0 Å². The van der Waals surface area contributed by atoms with E-state index in [-0.39, 0.29) is 18.1 Å². The first-order chi connectivity index (χ1) is 16.2. The summed E-state index contributed by atoms with van der Waals surface area (Å²) in [5, 5.41) is 0. The van der Waals surface area contributed by atoms with Crippen LogP contribution in [-0.4, -0.2) is 108 Å². The summed E-state index contributed by atoms with van der Waals surface area (Å²) in [6.07, 6.45) is 0. The van der Waals surface area contributed by atoms with Crippen molar-refractivity contribution in [3.63, 3.8) is 0 Å². The maximum atomic E-state index is 11.9. The summed E-state index contributed by atoms with van der Waals surface area (Å²) >= 11 is 0. The molecule has 0 radical (unpaired) electrons. The molecule has 0 aliphatic heterocycles. The molecule has 33 heavy (non-hydrogen) atoms. The fourth-order valence-electron chi connectivity index (χ4n) is 2.32. The molecule has 0 unspecified atom stereocenters.